The second kappa shape index (κ2) is 9.83. The molecular formula is C19H20N2O5. The van der Waals surface area contributed by atoms with Crippen LogP contribution in [0.2, 0.25) is 0 Å². The lowest BCUT2D eigenvalue weighted by Crippen LogP contribution is -2.17. The maximum atomic E-state index is 12.0. The van der Waals surface area contributed by atoms with Gasteiger partial charge in [0, 0.05) is 5.56 Å². The number of carbonyl (C=O) groups excluding carboxylic acids is 1. The lowest BCUT2D eigenvalue weighted by Gasteiger charge is -2.05. The molecule has 0 aliphatic carbocycles. The maximum absolute atomic E-state index is 12.0. The van der Waals surface area contributed by atoms with Crippen LogP contribution in [0.4, 0.5) is 0 Å². The minimum Gasteiger partial charge on any atom is -0.494 e. The number of hydrogen-bond donors (Lipinski definition) is 2. The largest absolute Gasteiger partial charge is 0.494 e. The van der Waals surface area contributed by atoms with Crippen molar-refractivity contribution in [2.45, 2.75) is 13.3 Å². The third kappa shape index (κ3) is 6.27. The zero-order chi connectivity index (χ0) is 18.8. The summed E-state index contributed by atoms with van der Waals surface area (Å²) in [6, 6.07) is 13.5. The number of carbonyl (C=O) groups is 2. The fraction of sp³-hybridized carbons (Fsp3) is 0.211. The van der Waals surface area contributed by atoms with Gasteiger partial charge in [-0.25, -0.2) is 10.2 Å². The minimum absolute atomic E-state index is 0.346. The van der Waals surface area contributed by atoms with Crippen LogP contribution in [0.3, 0.4) is 0 Å². The third-order valence-corrected chi connectivity index (χ3v) is 3.19. The summed E-state index contributed by atoms with van der Waals surface area (Å²) in [7, 11) is 0. The molecule has 0 unspecified atom stereocenters. The molecule has 1 amide bonds. The van der Waals surface area contributed by atoms with Gasteiger partial charge in [-0.2, -0.15) is 5.10 Å². The Kier molecular flexibility index (Phi) is 7.17. The molecule has 0 aliphatic heterocycles. The number of rotatable bonds is 9. The van der Waals surface area contributed by atoms with Gasteiger partial charge in [-0.15, -0.1) is 0 Å². The average Bonchev–Trinajstić information content (AvgIpc) is 2.65. The van der Waals surface area contributed by atoms with Gasteiger partial charge in [-0.1, -0.05) is 19.1 Å². The number of benzene rings is 2. The Morgan fingerprint density at radius 3 is 2.58 bits per heavy atom. The number of carboxylic acid groups (broad SMARTS) is 1. The highest BCUT2D eigenvalue weighted by molar-refractivity contribution is 5.95. The molecule has 2 N–H and O–H groups in total. The first-order valence-corrected chi connectivity index (χ1v) is 8.09. The van der Waals surface area contributed by atoms with Crippen molar-refractivity contribution < 1.29 is 24.2 Å². The van der Waals surface area contributed by atoms with E-state index in [1.54, 1.807) is 48.5 Å². The molecule has 2 aromatic carbocycles. The molecule has 0 heterocycles. The van der Waals surface area contributed by atoms with E-state index in [0.717, 1.165) is 6.42 Å². The molecule has 7 nitrogen and oxygen atoms in total. The smallest absolute Gasteiger partial charge is 0.341 e. The summed E-state index contributed by atoms with van der Waals surface area (Å²) >= 11 is 0. The van der Waals surface area contributed by atoms with Crippen LogP contribution in [0.15, 0.2) is 53.6 Å². The van der Waals surface area contributed by atoms with Gasteiger partial charge >= 0.3 is 5.97 Å². The van der Waals surface area contributed by atoms with E-state index in [0.29, 0.717) is 29.2 Å². The Balaban J connectivity index is 1.90. The summed E-state index contributed by atoms with van der Waals surface area (Å²) in [5, 5.41) is 12.5. The van der Waals surface area contributed by atoms with Crippen LogP contribution in [-0.4, -0.2) is 36.4 Å². The maximum Gasteiger partial charge on any atom is 0.341 e. The molecule has 0 saturated heterocycles. The molecule has 7 heteroatoms. The molecule has 0 radical (unpaired) electrons. The SMILES string of the molecule is CCCOc1ccc(C(=O)N/N=C/c2cccc(OCC(=O)O)c2)cc1. The normalized spacial score (nSPS) is 10.5. The first-order valence-electron chi connectivity index (χ1n) is 8.09. The highest BCUT2D eigenvalue weighted by Crippen LogP contribution is 2.13. The Labute approximate surface area is 151 Å². The van der Waals surface area contributed by atoms with Crippen LogP contribution in [0.25, 0.3) is 0 Å². The molecule has 26 heavy (non-hydrogen) atoms. The van der Waals surface area contributed by atoms with Crippen molar-refractivity contribution in [3.8, 4) is 11.5 Å². The summed E-state index contributed by atoms with van der Waals surface area (Å²) < 4.78 is 10.5. The Morgan fingerprint density at radius 2 is 1.88 bits per heavy atom. The lowest BCUT2D eigenvalue weighted by molar-refractivity contribution is -0.139. The van der Waals surface area contributed by atoms with Crippen molar-refractivity contribution in [2.24, 2.45) is 5.10 Å². The number of carboxylic acids is 1. The van der Waals surface area contributed by atoms with Crippen molar-refractivity contribution in [1.29, 1.82) is 0 Å². The van der Waals surface area contributed by atoms with Crippen LogP contribution in [0, 0.1) is 0 Å². The number of nitrogens with zero attached hydrogens (tertiary/aromatic N) is 1. The van der Waals surface area contributed by atoms with Crippen LogP contribution in [-0.2, 0) is 4.79 Å². The molecule has 0 fully saturated rings. The van der Waals surface area contributed by atoms with Crippen LogP contribution >= 0.6 is 0 Å². The molecule has 136 valence electrons. The standard InChI is InChI=1S/C19H20N2O5/c1-2-10-25-16-8-6-15(7-9-16)19(24)21-20-12-14-4-3-5-17(11-14)26-13-18(22)23/h3-9,11-12H,2,10,13H2,1H3,(H,21,24)(H,22,23)/b20-12+. The molecular weight excluding hydrogens is 336 g/mol. The fourth-order valence-corrected chi connectivity index (χ4v) is 1.98. The van der Waals surface area contributed by atoms with Crippen molar-refractivity contribution in [2.75, 3.05) is 13.2 Å². The fourth-order valence-electron chi connectivity index (χ4n) is 1.98. The van der Waals surface area contributed by atoms with E-state index >= 15 is 0 Å². The second-order valence-electron chi connectivity index (χ2n) is 5.33. The minimum atomic E-state index is -1.05. The van der Waals surface area contributed by atoms with Gasteiger partial charge in [0.25, 0.3) is 5.91 Å². The number of amides is 1. The molecule has 0 spiro atoms. The van der Waals surface area contributed by atoms with Crippen molar-refractivity contribution >= 4 is 18.1 Å². The van der Waals surface area contributed by atoms with Gasteiger partial charge in [0.15, 0.2) is 6.61 Å². The number of nitrogens with one attached hydrogen (secondary N) is 1. The van der Waals surface area contributed by atoms with E-state index in [1.165, 1.54) is 6.21 Å². The highest BCUT2D eigenvalue weighted by Gasteiger charge is 2.04. The molecule has 0 aromatic heterocycles. The lowest BCUT2D eigenvalue weighted by atomic mass is 10.2. The van der Waals surface area contributed by atoms with E-state index in [4.69, 9.17) is 14.6 Å². The predicted octanol–water partition coefficient (Wildman–Crippen LogP) is 2.70. The average molecular weight is 356 g/mol. The quantitative estimate of drug-likeness (QED) is 0.532. The van der Waals surface area contributed by atoms with Crippen molar-refractivity contribution in [3.63, 3.8) is 0 Å². The summed E-state index contributed by atoms with van der Waals surface area (Å²) in [6.45, 7) is 2.23. The Bertz CT molecular complexity index is 772. The number of ether oxygens (including phenoxy) is 2. The van der Waals surface area contributed by atoms with E-state index in [1.807, 2.05) is 6.92 Å². The van der Waals surface area contributed by atoms with Gasteiger partial charge in [-0.05, 0) is 48.4 Å². The first-order chi connectivity index (χ1) is 12.6. The number of hydrazone groups is 1. The van der Waals surface area contributed by atoms with E-state index in [-0.39, 0.29) is 5.91 Å². The van der Waals surface area contributed by atoms with Gasteiger partial charge in [0.05, 0.1) is 12.8 Å². The Hall–Kier alpha value is -3.35. The van der Waals surface area contributed by atoms with Gasteiger partial charge in [0.1, 0.15) is 11.5 Å². The summed E-state index contributed by atoms with van der Waals surface area (Å²) in [6.07, 6.45) is 2.36. The van der Waals surface area contributed by atoms with Crippen molar-refractivity contribution in [1.82, 2.24) is 5.43 Å². The van der Waals surface area contributed by atoms with Crippen LogP contribution in [0.1, 0.15) is 29.3 Å². The van der Waals surface area contributed by atoms with E-state index in [9.17, 15) is 9.59 Å². The zero-order valence-corrected chi connectivity index (χ0v) is 14.3. The topological polar surface area (TPSA) is 97.2 Å². The monoisotopic (exact) mass is 356 g/mol. The highest BCUT2D eigenvalue weighted by atomic mass is 16.5. The first kappa shape index (κ1) is 19.0. The third-order valence-electron chi connectivity index (χ3n) is 3.19. The van der Waals surface area contributed by atoms with Crippen molar-refractivity contribution in [3.05, 3.63) is 59.7 Å². The Morgan fingerprint density at radius 1 is 1.12 bits per heavy atom. The van der Waals surface area contributed by atoms with Gasteiger partial charge < -0.3 is 14.6 Å². The van der Waals surface area contributed by atoms with Gasteiger partial charge in [-0.3, -0.25) is 4.79 Å². The van der Waals surface area contributed by atoms with E-state index < -0.39 is 12.6 Å². The second-order valence-corrected chi connectivity index (χ2v) is 5.33. The molecule has 0 atom stereocenters. The molecule has 2 rings (SSSR count). The molecule has 0 bridgehead atoms. The molecule has 2 aromatic rings. The van der Waals surface area contributed by atoms with Crippen LogP contribution < -0.4 is 14.9 Å². The summed E-state index contributed by atoms with van der Waals surface area (Å²) in [4.78, 5) is 22.6. The molecule has 0 saturated carbocycles. The predicted molar refractivity (Wildman–Crippen MR) is 96.9 cm³/mol. The van der Waals surface area contributed by atoms with Gasteiger partial charge in [0.2, 0.25) is 0 Å². The molecule has 0 aliphatic rings. The zero-order valence-electron chi connectivity index (χ0n) is 14.3. The number of aliphatic carboxylic acids is 1. The van der Waals surface area contributed by atoms with E-state index in [2.05, 4.69) is 10.5 Å². The summed E-state index contributed by atoms with van der Waals surface area (Å²) in [5.74, 6) is -0.278. The summed E-state index contributed by atoms with van der Waals surface area (Å²) in [5.41, 5.74) is 3.56. The number of hydrogen-bond acceptors (Lipinski definition) is 5. The van der Waals surface area contributed by atoms with Crippen LogP contribution in [0.5, 0.6) is 11.5 Å².